The van der Waals surface area contributed by atoms with E-state index in [0.29, 0.717) is 11.1 Å². The van der Waals surface area contributed by atoms with Gasteiger partial charge in [-0.15, -0.1) is 0 Å². The zero-order valence-corrected chi connectivity index (χ0v) is 11.3. The number of ether oxygens (including phenoxy) is 1. The van der Waals surface area contributed by atoms with E-state index < -0.39 is 18.6 Å². The van der Waals surface area contributed by atoms with Gasteiger partial charge in [0.1, 0.15) is 11.6 Å². The van der Waals surface area contributed by atoms with Gasteiger partial charge in [0.05, 0.1) is 0 Å². The molecule has 0 aliphatic rings. The fraction of sp³-hybridized carbons (Fsp3) is 0.143. The van der Waals surface area contributed by atoms with Crippen molar-refractivity contribution in [1.29, 1.82) is 0 Å². The molecular formula is C14H10ClF4NO. The highest BCUT2D eigenvalue weighted by Gasteiger charge is 2.28. The van der Waals surface area contributed by atoms with Gasteiger partial charge in [-0.1, -0.05) is 11.6 Å². The molecule has 2 nitrogen and oxygen atoms in total. The SMILES string of the molecule is Nc1cc(OCC(F)(F)F)ccc1-c1cc(F)cc(Cl)c1. The number of hydrogen-bond donors (Lipinski definition) is 1. The first kappa shape index (κ1) is 15.4. The molecule has 2 aromatic carbocycles. The third kappa shape index (κ3) is 4.26. The summed E-state index contributed by atoms with van der Waals surface area (Å²) in [5.74, 6) is -0.551. The maximum absolute atomic E-state index is 13.3. The van der Waals surface area contributed by atoms with Gasteiger partial charge in [0.25, 0.3) is 0 Å². The molecule has 21 heavy (non-hydrogen) atoms. The molecular weight excluding hydrogens is 310 g/mol. The van der Waals surface area contributed by atoms with Gasteiger partial charge < -0.3 is 10.5 Å². The van der Waals surface area contributed by atoms with E-state index >= 15 is 0 Å². The Balaban J connectivity index is 2.27. The van der Waals surface area contributed by atoms with Crippen molar-refractivity contribution in [2.45, 2.75) is 6.18 Å². The van der Waals surface area contributed by atoms with Crippen molar-refractivity contribution < 1.29 is 22.3 Å². The van der Waals surface area contributed by atoms with E-state index in [1.807, 2.05) is 0 Å². The van der Waals surface area contributed by atoms with Crippen molar-refractivity contribution >= 4 is 17.3 Å². The van der Waals surface area contributed by atoms with E-state index in [1.165, 1.54) is 30.3 Å². The minimum Gasteiger partial charge on any atom is -0.484 e. The summed E-state index contributed by atoms with van der Waals surface area (Å²) >= 11 is 5.75. The van der Waals surface area contributed by atoms with E-state index in [9.17, 15) is 17.6 Å². The molecule has 0 saturated carbocycles. The monoisotopic (exact) mass is 319 g/mol. The normalized spacial score (nSPS) is 11.5. The fourth-order valence-corrected chi connectivity index (χ4v) is 1.99. The second-order valence-electron chi connectivity index (χ2n) is 4.31. The zero-order chi connectivity index (χ0) is 15.6. The van der Waals surface area contributed by atoms with E-state index in [-0.39, 0.29) is 16.5 Å². The highest BCUT2D eigenvalue weighted by molar-refractivity contribution is 6.30. The first-order valence-electron chi connectivity index (χ1n) is 5.80. The molecule has 0 aliphatic carbocycles. The number of hydrogen-bond acceptors (Lipinski definition) is 2. The molecule has 2 rings (SSSR count). The van der Waals surface area contributed by atoms with Crippen LogP contribution < -0.4 is 10.5 Å². The predicted molar refractivity (Wildman–Crippen MR) is 72.8 cm³/mol. The van der Waals surface area contributed by atoms with Crippen LogP contribution in [-0.2, 0) is 0 Å². The van der Waals surface area contributed by atoms with Crippen molar-refractivity contribution in [2.24, 2.45) is 0 Å². The fourth-order valence-electron chi connectivity index (χ4n) is 1.77. The minimum atomic E-state index is -4.43. The Morgan fingerprint density at radius 3 is 2.38 bits per heavy atom. The molecule has 0 radical (unpaired) electrons. The largest absolute Gasteiger partial charge is 0.484 e. The van der Waals surface area contributed by atoms with Crippen molar-refractivity contribution in [1.82, 2.24) is 0 Å². The van der Waals surface area contributed by atoms with Crippen LogP contribution in [0.25, 0.3) is 11.1 Å². The Kier molecular flexibility index (Phi) is 4.27. The first-order chi connectivity index (χ1) is 9.74. The van der Waals surface area contributed by atoms with Gasteiger partial charge in [0.15, 0.2) is 6.61 Å². The molecule has 0 atom stereocenters. The highest BCUT2D eigenvalue weighted by atomic mass is 35.5. The smallest absolute Gasteiger partial charge is 0.422 e. The maximum atomic E-state index is 13.3. The molecule has 0 fully saturated rings. The molecule has 112 valence electrons. The van der Waals surface area contributed by atoms with Gasteiger partial charge in [-0.2, -0.15) is 13.2 Å². The first-order valence-corrected chi connectivity index (χ1v) is 6.18. The molecule has 0 amide bonds. The van der Waals surface area contributed by atoms with Crippen LogP contribution >= 0.6 is 11.6 Å². The van der Waals surface area contributed by atoms with E-state index in [0.717, 1.165) is 6.07 Å². The summed E-state index contributed by atoms with van der Waals surface area (Å²) in [7, 11) is 0. The number of nitrogens with two attached hydrogens (primary N) is 1. The zero-order valence-electron chi connectivity index (χ0n) is 10.5. The maximum Gasteiger partial charge on any atom is 0.422 e. The van der Waals surface area contributed by atoms with Crippen LogP contribution in [0.1, 0.15) is 0 Å². The molecule has 0 heterocycles. The predicted octanol–water partition coefficient (Wildman–Crippen LogP) is 4.67. The van der Waals surface area contributed by atoms with Crippen LogP contribution in [-0.4, -0.2) is 12.8 Å². The average Bonchev–Trinajstić information content (AvgIpc) is 2.34. The van der Waals surface area contributed by atoms with Crippen molar-refractivity contribution in [3.05, 3.63) is 47.2 Å². The van der Waals surface area contributed by atoms with Crippen molar-refractivity contribution in [3.8, 4) is 16.9 Å². The Morgan fingerprint density at radius 2 is 1.81 bits per heavy atom. The summed E-state index contributed by atoms with van der Waals surface area (Å²) in [5.41, 5.74) is 6.81. The Hall–Kier alpha value is -1.95. The molecule has 0 saturated heterocycles. The van der Waals surface area contributed by atoms with E-state index in [1.54, 1.807) is 0 Å². The second kappa shape index (κ2) is 5.81. The minimum absolute atomic E-state index is 0.0175. The number of anilines is 1. The highest BCUT2D eigenvalue weighted by Crippen LogP contribution is 2.32. The molecule has 0 spiro atoms. The lowest BCUT2D eigenvalue weighted by Gasteiger charge is -2.12. The summed E-state index contributed by atoms with van der Waals surface area (Å²) in [6.07, 6.45) is -4.43. The molecule has 0 aliphatic heterocycles. The molecule has 0 aromatic heterocycles. The van der Waals surface area contributed by atoms with Crippen LogP contribution in [0.2, 0.25) is 5.02 Å². The summed E-state index contributed by atoms with van der Waals surface area (Å²) in [5, 5.41) is 0.196. The number of alkyl halides is 3. The van der Waals surface area contributed by atoms with Crippen LogP contribution in [0.5, 0.6) is 5.75 Å². The summed E-state index contributed by atoms with van der Waals surface area (Å²) in [4.78, 5) is 0. The van der Waals surface area contributed by atoms with Gasteiger partial charge in [-0.25, -0.2) is 4.39 Å². The molecule has 2 aromatic rings. The Labute approximate surface area is 123 Å². The van der Waals surface area contributed by atoms with Gasteiger partial charge in [-0.3, -0.25) is 0 Å². The van der Waals surface area contributed by atoms with Crippen LogP contribution in [0, 0.1) is 5.82 Å². The quantitative estimate of drug-likeness (QED) is 0.659. The lowest BCUT2D eigenvalue weighted by atomic mass is 10.0. The molecule has 7 heteroatoms. The van der Waals surface area contributed by atoms with Crippen LogP contribution in [0.15, 0.2) is 36.4 Å². The Morgan fingerprint density at radius 1 is 1.10 bits per heavy atom. The van der Waals surface area contributed by atoms with Crippen LogP contribution in [0.4, 0.5) is 23.2 Å². The second-order valence-corrected chi connectivity index (χ2v) is 4.75. The molecule has 2 N–H and O–H groups in total. The van der Waals surface area contributed by atoms with Crippen LogP contribution in [0.3, 0.4) is 0 Å². The summed E-state index contributed by atoms with van der Waals surface area (Å²) in [6.45, 7) is -1.41. The van der Waals surface area contributed by atoms with Crippen molar-refractivity contribution in [2.75, 3.05) is 12.3 Å². The number of benzene rings is 2. The van der Waals surface area contributed by atoms with Gasteiger partial charge in [0, 0.05) is 22.3 Å². The summed E-state index contributed by atoms with van der Waals surface area (Å²) < 4.78 is 54.1. The standard InChI is InChI=1S/C14H10ClF4NO/c15-9-3-8(4-10(16)5-9)12-2-1-11(6-13(12)20)21-7-14(17,18)19/h1-6H,7,20H2. The molecule has 0 bridgehead atoms. The average molecular weight is 320 g/mol. The van der Waals surface area contributed by atoms with E-state index in [4.69, 9.17) is 17.3 Å². The number of rotatable bonds is 3. The third-order valence-corrected chi connectivity index (χ3v) is 2.82. The van der Waals surface area contributed by atoms with Gasteiger partial charge >= 0.3 is 6.18 Å². The molecule has 0 unspecified atom stereocenters. The topological polar surface area (TPSA) is 35.2 Å². The third-order valence-electron chi connectivity index (χ3n) is 2.60. The lowest BCUT2D eigenvalue weighted by molar-refractivity contribution is -0.153. The lowest BCUT2D eigenvalue weighted by Crippen LogP contribution is -2.19. The van der Waals surface area contributed by atoms with Crippen molar-refractivity contribution in [3.63, 3.8) is 0 Å². The van der Waals surface area contributed by atoms with Gasteiger partial charge in [0.2, 0.25) is 0 Å². The Bertz CT molecular complexity index is 638. The number of halogens is 5. The van der Waals surface area contributed by atoms with Gasteiger partial charge in [-0.05, 0) is 35.9 Å². The van der Waals surface area contributed by atoms with E-state index in [2.05, 4.69) is 4.74 Å². The number of nitrogen functional groups attached to an aromatic ring is 1. The summed E-state index contributed by atoms with van der Waals surface area (Å²) in [6, 6.07) is 7.91.